The van der Waals surface area contributed by atoms with E-state index in [0.717, 1.165) is 30.9 Å². The van der Waals surface area contributed by atoms with Crippen LogP contribution in [0.25, 0.3) is 0 Å². The number of hydrogen-bond acceptors (Lipinski definition) is 6. The number of amides is 1. The van der Waals surface area contributed by atoms with Crippen LogP contribution in [0.4, 0.5) is 0 Å². The summed E-state index contributed by atoms with van der Waals surface area (Å²) < 4.78 is 0. The van der Waals surface area contributed by atoms with Crippen LogP contribution in [-0.2, 0) is 13.0 Å². The van der Waals surface area contributed by atoms with Gasteiger partial charge in [0.05, 0.1) is 5.01 Å². The van der Waals surface area contributed by atoms with E-state index in [1.807, 2.05) is 5.38 Å². The van der Waals surface area contributed by atoms with Crippen molar-refractivity contribution >= 4 is 28.6 Å². The molecular formula is C18H24N4OS2. The molecule has 4 rings (SSSR count). The van der Waals surface area contributed by atoms with Crippen molar-refractivity contribution < 1.29 is 4.79 Å². The summed E-state index contributed by atoms with van der Waals surface area (Å²) in [6.07, 6.45) is 4.20. The Morgan fingerprint density at radius 3 is 2.96 bits per heavy atom. The Morgan fingerprint density at radius 2 is 2.24 bits per heavy atom. The van der Waals surface area contributed by atoms with Crippen LogP contribution in [0.1, 0.15) is 40.3 Å². The number of piperidine rings is 1. The minimum atomic E-state index is 0.0751. The third kappa shape index (κ3) is 3.51. The number of carbonyl (C=O) groups excluding carboxylic acids is 1. The zero-order chi connectivity index (χ0) is 17.3. The summed E-state index contributed by atoms with van der Waals surface area (Å²) in [5.41, 5.74) is 7.74. The number of nitrogens with zero attached hydrogens (tertiary/aromatic N) is 2. The largest absolute Gasteiger partial charge is 0.330 e. The fraction of sp³-hybridized carbons (Fsp3) is 0.556. The maximum Gasteiger partial charge on any atom is 0.273 e. The second-order valence-electron chi connectivity index (χ2n) is 7.06. The van der Waals surface area contributed by atoms with Gasteiger partial charge in [0.15, 0.2) is 0 Å². The third-order valence-corrected chi connectivity index (χ3v) is 7.09. The molecule has 3 N–H and O–H groups in total. The summed E-state index contributed by atoms with van der Waals surface area (Å²) in [4.78, 5) is 19.8. The molecule has 2 aliphatic rings. The molecule has 7 heteroatoms. The number of carbonyl (C=O) groups is 1. The molecular weight excluding hydrogens is 352 g/mol. The fourth-order valence-corrected chi connectivity index (χ4v) is 5.37. The van der Waals surface area contributed by atoms with E-state index < -0.39 is 0 Å². The van der Waals surface area contributed by atoms with Gasteiger partial charge in [0.25, 0.3) is 5.91 Å². The average molecular weight is 377 g/mol. The van der Waals surface area contributed by atoms with E-state index in [9.17, 15) is 4.79 Å². The van der Waals surface area contributed by atoms with E-state index in [4.69, 9.17) is 5.73 Å². The van der Waals surface area contributed by atoms with Gasteiger partial charge in [-0.15, -0.1) is 11.3 Å². The third-order valence-electron chi connectivity index (χ3n) is 5.45. The predicted molar refractivity (Wildman–Crippen MR) is 102 cm³/mol. The topological polar surface area (TPSA) is 71.2 Å². The summed E-state index contributed by atoms with van der Waals surface area (Å²) in [6, 6.07) is 2.46. The molecule has 1 amide bonds. The van der Waals surface area contributed by atoms with Gasteiger partial charge in [0.2, 0.25) is 0 Å². The summed E-state index contributed by atoms with van der Waals surface area (Å²) in [5, 5.41) is 10.5. The zero-order valence-electron chi connectivity index (χ0n) is 14.2. The van der Waals surface area contributed by atoms with Crippen molar-refractivity contribution in [3.8, 4) is 0 Å². The van der Waals surface area contributed by atoms with Gasteiger partial charge in [0, 0.05) is 24.4 Å². The first kappa shape index (κ1) is 17.1. The summed E-state index contributed by atoms with van der Waals surface area (Å²) in [5.74, 6) is 0.0751. The van der Waals surface area contributed by atoms with Crippen molar-refractivity contribution in [3.05, 3.63) is 38.5 Å². The molecule has 1 aliphatic heterocycles. The van der Waals surface area contributed by atoms with E-state index in [1.165, 1.54) is 18.4 Å². The number of thiazole rings is 1. The Kier molecular flexibility index (Phi) is 4.90. The highest BCUT2D eigenvalue weighted by atomic mass is 32.1. The zero-order valence-corrected chi connectivity index (χ0v) is 15.9. The number of hydrogen-bond donors (Lipinski definition) is 2. The van der Waals surface area contributed by atoms with Gasteiger partial charge in [-0.05, 0) is 66.7 Å². The first-order chi connectivity index (χ1) is 12.2. The minimum Gasteiger partial charge on any atom is -0.330 e. The Balaban J connectivity index is 1.55. The normalized spacial score (nSPS) is 21.4. The molecule has 3 heterocycles. The van der Waals surface area contributed by atoms with Crippen LogP contribution in [0.15, 0.2) is 22.2 Å². The monoisotopic (exact) mass is 376 g/mol. The van der Waals surface area contributed by atoms with Gasteiger partial charge in [-0.2, -0.15) is 11.3 Å². The van der Waals surface area contributed by atoms with Crippen LogP contribution in [0, 0.1) is 5.41 Å². The van der Waals surface area contributed by atoms with Crippen LogP contribution >= 0.6 is 22.7 Å². The van der Waals surface area contributed by atoms with E-state index in [1.54, 1.807) is 22.7 Å². The van der Waals surface area contributed by atoms with Crippen molar-refractivity contribution in [2.45, 2.75) is 38.3 Å². The molecule has 0 radical (unpaired) electrons. The molecule has 1 spiro atoms. The highest BCUT2D eigenvalue weighted by molar-refractivity contribution is 7.09. The number of rotatable bonds is 6. The summed E-state index contributed by atoms with van der Waals surface area (Å²) in [7, 11) is 0. The lowest BCUT2D eigenvalue weighted by Gasteiger charge is -2.29. The number of nitrogens with one attached hydrogen (secondary N) is 1. The molecule has 134 valence electrons. The predicted octanol–water partition coefficient (Wildman–Crippen LogP) is 2.49. The Morgan fingerprint density at radius 1 is 1.40 bits per heavy atom. The summed E-state index contributed by atoms with van der Waals surface area (Å²) in [6.45, 7) is 3.38. The molecule has 1 aliphatic carbocycles. The molecule has 2 aromatic rings. The second kappa shape index (κ2) is 7.15. The van der Waals surface area contributed by atoms with Crippen LogP contribution in [0.2, 0.25) is 0 Å². The lowest BCUT2D eigenvalue weighted by atomic mass is 9.93. The van der Waals surface area contributed by atoms with Crippen LogP contribution in [0.5, 0.6) is 0 Å². The highest BCUT2D eigenvalue weighted by Gasteiger charge is 2.57. The Hall–Kier alpha value is -1.28. The number of nitrogens with two attached hydrogens (primary N) is 1. The standard InChI is InChI=1S/C18H24N4OS2/c19-5-1-16-21-14(12-25-16)17(23)22(10-13-2-8-24-11-13)15-9-18(15)3-6-20-7-4-18/h2,8,11-12,15,20H,1,3-7,9-10,19H2. The van der Waals surface area contributed by atoms with Gasteiger partial charge in [0.1, 0.15) is 5.69 Å². The molecule has 1 saturated heterocycles. The lowest BCUT2D eigenvalue weighted by Crippen LogP contribution is -2.39. The smallest absolute Gasteiger partial charge is 0.273 e. The number of thiophene rings is 1. The van der Waals surface area contributed by atoms with E-state index >= 15 is 0 Å². The van der Waals surface area contributed by atoms with Crippen molar-refractivity contribution in [3.63, 3.8) is 0 Å². The highest BCUT2D eigenvalue weighted by Crippen LogP contribution is 2.56. The van der Waals surface area contributed by atoms with Gasteiger partial charge < -0.3 is 16.0 Å². The molecule has 25 heavy (non-hydrogen) atoms. The van der Waals surface area contributed by atoms with E-state index in [0.29, 0.717) is 30.2 Å². The fourth-order valence-electron chi connectivity index (χ4n) is 3.93. The van der Waals surface area contributed by atoms with Gasteiger partial charge in [-0.3, -0.25) is 4.79 Å². The van der Waals surface area contributed by atoms with Crippen LogP contribution < -0.4 is 11.1 Å². The minimum absolute atomic E-state index is 0.0751. The first-order valence-corrected chi connectivity index (χ1v) is 10.7. The van der Waals surface area contributed by atoms with Crippen LogP contribution in [-0.4, -0.2) is 41.5 Å². The molecule has 1 unspecified atom stereocenters. The molecule has 1 atom stereocenters. The average Bonchev–Trinajstić information content (AvgIpc) is 3.04. The first-order valence-electron chi connectivity index (χ1n) is 8.89. The Bertz CT molecular complexity index is 721. The van der Waals surface area contributed by atoms with Crippen molar-refractivity contribution in [2.75, 3.05) is 19.6 Å². The molecule has 1 saturated carbocycles. The maximum atomic E-state index is 13.2. The maximum absolute atomic E-state index is 13.2. The molecule has 2 aromatic heterocycles. The number of aromatic nitrogens is 1. The van der Waals surface area contributed by atoms with Gasteiger partial charge in [-0.25, -0.2) is 4.98 Å². The lowest BCUT2D eigenvalue weighted by molar-refractivity contribution is 0.0687. The molecule has 5 nitrogen and oxygen atoms in total. The van der Waals surface area contributed by atoms with Gasteiger partial charge >= 0.3 is 0 Å². The molecule has 0 aromatic carbocycles. The second-order valence-corrected chi connectivity index (χ2v) is 8.78. The van der Waals surface area contributed by atoms with Crippen molar-refractivity contribution in [1.29, 1.82) is 0 Å². The quantitative estimate of drug-likeness (QED) is 0.813. The molecule has 2 fully saturated rings. The van der Waals surface area contributed by atoms with Crippen molar-refractivity contribution in [2.24, 2.45) is 11.1 Å². The van der Waals surface area contributed by atoms with Gasteiger partial charge in [-0.1, -0.05) is 0 Å². The van der Waals surface area contributed by atoms with E-state index in [2.05, 4.69) is 32.0 Å². The molecule has 0 bridgehead atoms. The Labute approximate surface area is 156 Å². The van der Waals surface area contributed by atoms with Crippen molar-refractivity contribution in [1.82, 2.24) is 15.2 Å². The van der Waals surface area contributed by atoms with E-state index in [-0.39, 0.29) is 5.91 Å². The SMILES string of the molecule is NCCc1nc(C(=O)N(Cc2ccsc2)C2CC23CCNCC3)cs1. The van der Waals surface area contributed by atoms with Crippen LogP contribution in [0.3, 0.4) is 0 Å². The summed E-state index contributed by atoms with van der Waals surface area (Å²) >= 11 is 3.22.